The van der Waals surface area contributed by atoms with Gasteiger partial charge in [0.25, 0.3) is 0 Å². The fourth-order valence-electron chi connectivity index (χ4n) is 2.41. The number of rotatable bonds is 7. The molecule has 1 atom stereocenters. The Balaban J connectivity index is 1.94. The number of halogens is 1. The van der Waals surface area contributed by atoms with Crippen LogP contribution in [0.5, 0.6) is 0 Å². The third-order valence-corrected chi connectivity index (χ3v) is 3.59. The van der Waals surface area contributed by atoms with Gasteiger partial charge in [-0.05, 0) is 31.9 Å². The van der Waals surface area contributed by atoms with Crippen LogP contribution in [-0.4, -0.2) is 32.5 Å². The average molecular weight is 281 g/mol. The summed E-state index contributed by atoms with van der Waals surface area (Å²) in [5.74, 6) is -0.170. The second kappa shape index (κ2) is 8.35. The van der Waals surface area contributed by atoms with E-state index in [0.717, 1.165) is 39.0 Å². The Kier molecular flexibility index (Phi) is 6.43. The standard InChI is InChI=1S/C16H24FNO2/c1-2-9-18-16(14-5-3-4-6-15(14)17)12-20-13-7-10-19-11-8-13/h3-6,13,16,18H,2,7-12H2,1H3. The van der Waals surface area contributed by atoms with E-state index in [9.17, 15) is 4.39 Å². The summed E-state index contributed by atoms with van der Waals surface area (Å²) in [6.45, 7) is 4.99. The van der Waals surface area contributed by atoms with Gasteiger partial charge in [0.1, 0.15) is 5.82 Å². The monoisotopic (exact) mass is 281 g/mol. The lowest BCUT2D eigenvalue weighted by Gasteiger charge is -2.26. The Bertz CT molecular complexity index is 394. The van der Waals surface area contributed by atoms with Gasteiger partial charge in [0.2, 0.25) is 0 Å². The molecule has 1 heterocycles. The van der Waals surface area contributed by atoms with Gasteiger partial charge in [0.15, 0.2) is 0 Å². The first-order chi connectivity index (χ1) is 9.81. The van der Waals surface area contributed by atoms with Crippen LogP contribution >= 0.6 is 0 Å². The predicted molar refractivity (Wildman–Crippen MR) is 77.2 cm³/mol. The summed E-state index contributed by atoms with van der Waals surface area (Å²) < 4.78 is 25.2. The van der Waals surface area contributed by atoms with Gasteiger partial charge in [0, 0.05) is 18.8 Å². The van der Waals surface area contributed by atoms with Gasteiger partial charge in [-0.15, -0.1) is 0 Å². The Morgan fingerprint density at radius 3 is 2.80 bits per heavy atom. The summed E-state index contributed by atoms with van der Waals surface area (Å²) in [6, 6.07) is 6.84. The number of hydrogen-bond donors (Lipinski definition) is 1. The second-order valence-corrected chi connectivity index (χ2v) is 5.17. The Hall–Kier alpha value is -0.970. The molecule has 0 radical (unpaired) electrons. The minimum absolute atomic E-state index is 0.0843. The van der Waals surface area contributed by atoms with Gasteiger partial charge in [-0.25, -0.2) is 4.39 Å². The highest BCUT2D eigenvalue weighted by Gasteiger charge is 2.19. The molecule has 1 aromatic rings. The van der Waals surface area contributed by atoms with Crippen molar-refractivity contribution < 1.29 is 13.9 Å². The summed E-state index contributed by atoms with van der Waals surface area (Å²) >= 11 is 0. The molecule has 1 aromatic carbocycles. The van der Waals surface area contributed by atoms with Crippen LogP contribution < -0.4 is 5.32 Å². The molecule has 1 saturated heterocycles. The highest BCUT2D eigenvalue weighted by atomic mass is 19.1. The van der Waals surface area contributed by atoms with Crippen LogP contribution in [0.25, 0.3) is 0 Å². The maximum Gasteiger partial charge on any atom is 0.128 e. The van der Waals surface area contributed by atoms with E-state index in [-0.39, 0.29) is 18.0 Å². The van der Waals surface area contributed by atoms with E-state index < -0.39 is 0 Å². The maximum absolute atomic E-state index is 13.9. The van der Waals surface area contributed by atoms with Gasteiger partial charge in [0.05, 0.1) is 18.8 Å². The van der Waals surface area contributed by atoms with E-state index in [1.54, 1.807) is 6.07 Å². The van der Waals surface area contributed by atoms with Crippen LogP contribution in [0.4, 0.5) is 4.39 Å². The van der Waals surface area contributed by atoms with E-state index in [1.807, 2.05) is 12.1 Å². The maximum atomic E-state index is 13.9. The zero-order valence-corrected chi connectivity index (χ0v) is 12.1. The van der Waals surface area contributed by atoms with E-state index in [2.05, 4.69) is 12.2 Å². The zero-order valence-electron chi connectivity index (χ0n) is 12.1. The number of ether oxygens (including phenoxy) is 2. The molecule has 3 nitrogen and oxygen atoms in total. The molecule has 112 valence electrons. The molecule has 0 saturated carbocycles. The van der Waals surface area contributed by atoms with Crippen LogP contribution in [0.15, 0.2) is 24.3 Å². The predicted octanol–water partition coefficient (Wildman–Crippen LogP) is 3.06. The zero-order chi connectivity index (χ0) is 14.2. The molecule has 1 N–H and O–H groups in total. The van der Waals surface area contributed by atoms with Crippen molar-refractivity contribution in [1.29, 1.82) is 0 Å². The quantitative estimate of drug-likeness (QED) is 0.833. The van der Waals surface area contributed by atoms with E-state index in [4.69, 9.17) is 9.47 Å². The van der Waals surface area contributed by atoms with Crippen molar-refractivity contribution >= 4 is 0 Å². The molecule has 0 bridgehead atoms. The molecular weight excluding hydrogens is 257 g/mol. The molecule has 1 unspecified atom stereocenters. The van der Waals surface area contributed by atoms with Gasteiger partial charge in [-0.2, -0.15) is 0 Å². The normalized spacial score (nSPS) is 18.1. The fraction of sp³-hybridized carbons (Fsp3) is 0.625. The van der Waals surface area contributed by atoms with E-state index in [0.29, 0.717) is 12.2 Å². The van der Waals surface area contributed by atoms with Crippen molar-refractivity contribution in [2.75, 3.05) is 26.4 Å². The van der Waals surface area contributed by atoms with Crippen LogP contribution in [0, 0.1) is 5.82 Å². The van der Waals surface area contributed by atoms with Crippen molar-refractivity contribution in [3.8, 4) is 0 Å². The summed E-state index contributed by atoms with van der Waals surface area (Å²) in [7, 11) is 0. The van der Waals surface area contributed by atoms with Gasteiger partial charge >= 0.3 is 0 Å². The van der Waals surface area contributed by atoms with Gasteiger partial charge in [-0.1, -0.05) is 25.1 Å². The Morgan fingerprint density at radius 1 is 1.35 bits per heavy atom. The molecular formula is C16H24FNO2. The van der Waals surface area contributed by atoms with Crippen LogP contribution in [-0.2, 0) is 9.47 Å². The number of nitrogens with one attached hydrogen (secondary N) is 1. The third kappa shape index (κ3) is 4.54. The van der Waals surface area contributed by atoms with Crippen molar-refractivity contribution in [3.63, 3.8) is 0 Å². The topological polar surface area (TPSA) is 30.5 Å². The van der Waals surface area contributed by atoms with Crippen molar-refractivity contribution in [3.05, 3.63) is 35.6 Å². The lowest BCUT2D eigenvalue weighted by atomic mass is 10.1. The van der Waals surface area contributed by atoms with E-state index in [1.165, 1.54) is 6.07 Å². The lowest BCUT2D eigenvalue weighted by Crippen LogP contribution is -2.31. The minimum atomic E-state index is -0.170. The summed E-state index contributed by atoms with van der Waals surface area (Å²) in [5.41, 5.74) is 0.688. The SMILES string of the molecule is CCCNC(COC1CCOCC1)c1ccccc1F. The van der Waals surface area contributed by atoms with Crippen molar-refractivity contribution in [2.45, 2.75) is 38.3 Å². The molecule has 1 fully saturated rings. The lowest BCUT2D eigenvalue weighted by molar-refractivity contribution is -0.0385. The number of hydrogen-bond acceptors (Lipinski definition) is 3. The number of benzene rings is 1. The molecule has 0 aromatic heterocycles. The van der Waals surface area contributed by atoms with Crippen LogP contribution in [0.3, 0.4) is 0 Å². The third-order valence-electron chi connectivity index (χ3n) is 3.59. The first kappa shape index (κ1) is 15.4. The van der Waals surface area contributed by atoms with Gasteiger partial charge in [-0.3, -0.25) is 0 Å². The second-order valence-electron chi connectivity index (χ2n) is 5.17. The molecule has 4 heteroatoms. The summed E-state index contributed by atoms with van der Waals surface area (Å²) in [4.78, 5) is 0. The minimum Gasteiger partial charge on any atom is -0.381 e. The van der Waals surface area contributed by atoms with Crippen molar-refractivity contribution in [1.82, 2.24) is 5.32 Å². The summed E-state index contributed by atoms with van der Waals surface area (Å²) in [5, 5.41) is 3.37. The van der Waals surface area contributed by atoms with Crippen molar-refractivity contribution in [2.24, 2.45) is 0 Å². The first-order valence-corrected chi connectivity index (χ1v) is 7.48. The molecule has 2 rings (SSSR count). The fourth-order valence-corrected chi connectivity index (χ4v) is 2.41. The molecule has 0 aliphatic carbocycles. The van der Waals surface area contributed by atoms with Crippen LogP contribution in [0.2, 0.25) is 0 Å². The molecule has 0 spiro atoms. The van der Waals surface area contributed by atoms with E-state index >= 15 is 0 Å². The van der Waals surface area contributed by atoms with Crippen LogP contribution in [0.1, 0.15) is 37.8 Å². The average Bonchev–Trinajstić information content (AvgIpc) is 2.49. The largest absolute Gasteiger partial charge is 0.381 e. The molecule has 0 amide bonds. The highest BCUT2D eigenvalue weighted by molar-refractivity contribution is 5.21. The van der Waals surface area contributed by atoms with Gasteiger partial charge < -0.3 is 14.8 Å². The Morgan fingerprint density at radius 2 is 2.10 bits per heavy atom. The Labute approximate surface area is 120 Å². The molecule has 20 heavy (non-hydrogen) atoms. The molecule has 1 aliphatic rings. The first-order valence-electron chi connectivity index (χ1n) is 7.48. The molecule has 1 aliphatic heterocycles. The summed E-state index contributed by atoms with van der Waals surface area (Å²) in [6.07, 6.45) is 3.11. The highest BCUT2D eigenvalue weighted by Crippen LogP contribution is 2.19. The smallest absolute Gasteiger partial charge is 0.128 e.